The van der Waals surface area contributed by atoms with E-state index < -0.39 is 0 Å². The fraction of sp³-hybridized carbons (Fsp3) is 0.381. The molecule has 5 nitrogen and oxygen atoms in total. The summed E-state index contributed by atoms with van der Waals surface area (Å²) in [5.74, 6) is -0.184. The van der Waals surface area contributed by atoms with Crippen molar-refractivity contribution in [1.29, 1.82) is 0 Å². The Bertz CT molecular complexity index is 1100. The van der Waals surface area contributed by atoms with Gasteiger partial charge in [0.2, 0.25) is 5.91 Å². The van der Waals surface area contributed by atoms with E-state index in [1.165, 1.54) is 26.9 Å². The molecule has 27 heavy (non-hydrogen) atoms. The number of carbonyl (C=O) groups excluding carboxylic acids is 1. The van der Waals surface area contributed by atoms with E-state index in [2.05, 4.69) is 36.3 Å². The van der Waals surface area contributed by atoms with E-state index in [0.717, 1.165) is 35.2 Å². The molecule has 0 saturated heterocycles. The van der Waals surface area contributed by atoms with Crippen LogP contribution in [0, 0.1) is 13.8 Å². The van der Waals surface area contributed by atoms with Crippen LogP contribution in [0.2, 0.25) is 0 Å². The summed E-state index contributed by atoms with van der Waals surface area (Å²) in [5.41, 5.74) is 4.53. The maximum Gasteiger partial charge on any atom is 0.262 e. The average molecular weight is 382 g/mol. The monoisotopic (exact) mass is 381 g/mol. The first-order chi connectivity index (χ1) is 12.9. The van der Waals surface area contributed by atoms with Crippen molar-refractivity contribution < 1.29 is 4.79 Å². The van der Waals surface area contributed by atoms with E-state index in [-0.39, 0.29) is 24.1 Å². The molecule has 1 N–H and O–H groups in total. The minimum absolute atomic E-state index is 0.0123. The first-order valence-corrected chi connectivity index (χ1v) is 10.1. The molecular formula is C21H23N3O2S. The van der Waals surface area contributed by atoms with Crippen LogP contribution in [0.5, 0.6) is 0 Å². The molecule has 1 aliphatic carbocycles. The lowest BCUT2D eigenvalue weighted by atomic mass is 10.0. The third-order valence-electron chi connectivity index (χ3n) is 5.41. The number of aromatic nitrogens is 2. The van der Waals surface area contributed by atoms with Crippen molar-refractivity contribution in [2.24, 2.45) is 0 Å². The maximum absolute atomic E-state index is 12.9. The molecule has 0 saturated carbocycles. The summed E-state index contributed by atoms with van der Waals surface area (Å²) in [6.07, 6.45) is 4.56. The molecule has 4 rings (SSSR count). The van der Waals surface area contributed by atoms with Crippen LogP contribution in [-0.2, 0) is 24.2 Å². The second-order valence-corrected chi connectivity index (χ2v) is 8.43. The summed E-state index contributed by atoms with van der Waals surface area (Å²) in [7, 11) is 0. The molecule has 6 heteroatoms. The zero-order chi connectivity index (χ0) is 19.1. The van der Waals surface area contributed by atoms with E-state index >= 15 is 0 Å². The van der Waals surface area contributed by atoms with Crippen LogP contribution in [0.4, 0.5) is 0 Å². The fourth-order valence-electron chi connectivity index (χ4n) is 3.69. The van der Waals surface area contributed by atoms with E-state index in [4.69, 9.17) is 0 Å². The molecule has 1 amide bonds. The van der Waals surface area contributed by atoms with Gasteiger partial charge in [-0.25, -0.2) is 4.98 Å². The van der Waals surface area contributed by atoms with E-state index in [9.17, 15) is 9.59 Å². The van der Waals surface area contributed by atoms with Gasteiger partial charge in [0.15, 0.2) is 0 Å². The molecule has 0 radical (unpaired) electrons. The maximum atomic E-state index is 12.9. The third-order valence-corrected chi connectivity index (χ3v) is 6.61. The van der Waals surface area contributed by atoms with Gasteiger partial charge in [-0.1, -0.05) is 18.2 Å². The van der Waals surface area contributed by atoms with E-state index in [1.54, 1.807) is 11.3 Å². The lowest BCUT2D eigenvalue weighted by molar-refractivity contribution is -0.122. The van der Waals surface area contributed by atoms with Crippen molar-refractivity contribution in [2.75, 3.05) is 0 Å². The highest BCUT2D eigenvalue weighted by Gasteiger charge is 2.22. The van der Waals surface area contributed by atoms with Gasteiger partial charge in [-0.3, -0.25) is 14.2 Å². The number of fused-ring (bicyclic) bond motifs is 3. The molecule has 1 atom stereocenters. The van der Waals surface area contributed by atoms with Gasteiger partial charge < -0.3 is 5.32 Å². The Morgan fingerprint density at radius 1 is 1.30 bits per heavy atom. The van der Waals surface area contributed by atoms with Crippen molar-refractivity contribution in [1.82, 2.24) is 14.9 Å². The van der Waals surface area contributed by atoms with E-state index in [1.807, 2.05) is 13.0 Å². The number of carbonyl (C=O) groups is 1. The average Bonchev–Trinajstić information content (AvgIpc) is 3.20. The lowest BCUT2D eigenvalue weighted by Crippen LogP contribution is -2.34. The fourth-order valence-corrected chi connectivity index (χ4v) is 4.91. The summed E-state index contributed by atoms with van der Waals surface area (Å²) in [6, 6.07) is 6.07. The van der Waals surface area contributed by atoms with Crippen LogP contribution >= 0.6 is 11.3 Å². The number of hydrogen-bond acceptors (Lipinski definition) is 4. The smallest absolute Gasteiger partial charge is 0.262 e. The van der Waals surface area contributed by atoms with Crippen molar-refractivity contribution >= 4 is 27.5 Å². The predicted molar refractivity (Wildman–Crippen MR) is 108 cm³/mol. The molecule has 1 aliphatic rings. The molecular weight excluding hydrogens is 358 g/mol. The number of amides is 1. The number of thiophene rings is 1. The molecule has 0 spiro atoms. The Balaban J connectivity index is 1.53. The molecule has 140 valence electrons. The molecule has 1 aromatic carbocycles. The first kappa shape index (κ1) is 17.9. The second-order valence-electron chi connectivity index (χ2n) is 7.35. The van der Waals surface area contributed by atoms with Gasteiger partial charge >= 0.3 is 0 Å². The Morgan fingerprint density at radius 3 is 2.89 bits per heavy atom. The number of nitrogens with zero attached hydrogens (tertiary/aromatic N) is 2. The summed E-state index contributed by atoms with van der Waals surface area (Å²) in [5, 5.41) is 3.70. The zero-order valence-corrected chi connectivity index (χ0v) is 16.7. The van der Waals surface area contributed by atoms with Crippen molar-refractivity contribution in [3.05, 3.63) is 62.0 Å². The highest BCUT2D eigenvalue weighted by atomic mass is 32.1. The molecule has 3 aromatic rings. The van der Waals surface area contributed by atoms with Gasteiger partial charge in [0.05, 0.1) is 17.8 Å². The number of aryl methyl sites for hydroxylation is 4. The Hall–Kier alpha value is -2.47. The number of hydrogen-bond donors (Lipinski definition) is 1. The molecule has 0 fully saturated rings. The van der Waals surface area contributed by atoms with Crippen LogP contribution < -0.4 is 10.9 Å². The molecule has 2 aromatic heterocycles. The van der Waals surface area contributed by atoms with Gasteiger partial charge in [-0.15, -0.1) is 11.3 Å². The Morgan fingerprint density at radius 2 is 2.11 bits per heavy atom. The van der Waals surface area contributed by atoms with Crippen LogP contribution in [0.1, 0.15) is 46.5 Å². The van der Waals surface area contributed by atoms with Crippen molar-refractivity contribution in [3.8, 4) is 0 Å². The second kappa shape index (κ2) is 6.93. The van der Waals surface area contributed by atoms with Crippen LogP contribution in [0.3, 0.4) is 0 Å². The Labute approximate surface area is 162 Å². The Kier molecular flexibility index (Phi) is 4.60. The van der Waals surface area contributed by atoms with Gasteiger partial charge in [-0.05, 0) is 62.3 Å². The van der Waals surface area contributed by atoms with E-state index in [0.29, 0.717) is 5.39 Å². The quantitative estimate of drug-likeness (QED) is 0.753. The summed E-state index contributed by atoms with van der Waals surface area (Å²) in [4.78, 5) is 31.9. The predicted octanol–water partition coefficient (Wildman–Crippen LogP) is 3.44. The van der Waals surface area contributed by atoms with Crippen LogP contribution in [-0.4, -0.2) is 15.5 Å². The highest BCUT2D eigenvalue weighted by Crippen LogP contribution is 2.34. The zero-order valence-electron chi connectivity index (χ0n) is 15.8. The molecule has 2 heterocycles. The van der Waals surface area contributed by atoms with Crippen LogP contribution in [0.25, 0.3) is 10.2 Å². The van der Waals surface area contributed by atoms with Crippen molar-refractivity contribution in [2.45, 2.75) is 52.6 Å². The molecule has 0 bridgehead atoms. The lowest BCUT2D eigenvalue weighted by Gasteiger charge is -2.16. The van der Waals surface area contributed by atoms with Crippen LogP contribution in [0.15, 0.2) is 29.3 Å². The van der Waals surface area contributed by atoms with Gasteiger partial charge in [0.1, 0.15) is 11.4 Å². The number of rotatable bonds is 4. The van der Waals surface area contributed by atoms with Gasteiger partial charge in [-0.2, -0.15) is 0 Å². The number of benzene rings is 1. The summed E-state index contributed by atoms with van der Waals surface area (Å²) >= 11 is 1.61. The largest absolute Gasteiger partial charge is 0.348 e. The standard InChI is InChI=1S/C21H23N3O2S/c1-12-7-8-15(9-13(12)2)14(3)23-18(25)10-24-11-22-20-19(21(24)26)16-5-4-6-17(16)27-20/h7-9,11,14H,4-6,10H2,1-3H3,(H,23,25)/t14-/m0/s1. The summed E-state index contributed by atoms with van der Waals surface area (Å²) in [6.45, 7) is 6.08. The van der Waals surface area contributed by atoms with Crippen molar-refractivity contribution in [3.63, 3.8) is 0 Å². The first-order valence-electron chi connectivity index (χ1n) is 9.30. The third kappa shape index (κ3) is 3.30. The summed E-state index contributed by atoms with van der Waals surface area (Å²) < 4.78 is 1.43. The topological polar surface area (TPSA) is 64.0 Å². The molecule has 0 unspecified atom stereocenters. The minimum atomic E-state index is -0.184. The SMILES string of the molecule is Cc1ccc([C@H](C)NC(=O)Cn2cnc3sc4c(c3c2=O)CCC4)cc1C. The minimum Gasteiger partial charge on any atom is -0.348 e. The normalized spacial score (nSPS) is 14.3. The van der Waals surface area contributed by atoms with Gasteiger partial charge in [0.25, 0.3) is 5.56 Å². The number of nitrogens with one attached hydrogen (secondary N) is 1. The van der Waals surface area contributed by atoms with Gasteiger partial charge in [0, 0.05) is 4.88 Å². The highest BCUT2D eigenvalue weighted by molar-refractivity contribution is 7.18. The molecule has 0 aliphatic heterocycles.